The average molecular weight is 294 g/mol. The molecule has 116 valence electrons. The predicted molar refractivity (Wildman–Crippen MR) is 92.1 cm³/mol. The molecule has 3 heterocycles. The van der Waals surface area contributed by atoms with Gasteiger partial charge in [-0.15, -0.1) is 0 Å². The zero-order chi connectivity index (χ0) is 14.8. The number of nitrogens with zero attached hydrogens (tertiary/aromatic N) is 1. The second-order valence-electron chi connectivity index (χ2n) is 7.20. The summed E-state index contributed by atoms with van der Waals surface area (Å²) < 4.78 is 0. The molecular weight excluding hydrogens is 268 g/mol. The SMILES string of the molecule is C1=NC2=C(CC3CC[C@H](C2)NC3)C(CCc2ccccc2)C1. The first-order chi connectivity index (χ1) is 10.9. The molecular formula is C20H26N2. The maximum Gasteiger partial charge on any atom is 0.0410 e. The minimum Gasteiger partial charge on any atom is -0.313 e. The third-order valence-corrected chi connectivity index (χ3v) is 5.69. The maximum absolute atomic E-state index is 4.79. The Morgan fingerprint density at radius 2 is 2.00 bits per heavy atom. The number of rotatable bonds is 3. The van der Waals surface area contributed by atoms with E-state index in [2.05, 4.69) is 41.9 Å². The number of aliphatic imine (C=N–C) groups is 1. The topological polar surface area (TPSA) is 24.4 Å². The lowest BCUT2D eigenvalue weighted by Crippen LogP contribution is -2.41. The summed E-state index contributed by atoms with van der Waals surface area (Å²) in [4.78, 5) is 4.79. The minimum absolute atomic E-state index is 0.673. The van der Waals surface area contributed by atoms with Gasteiger partial charge in [-0.05, 0) is 68.0 Å². The Hall–Kier alpha value is -1.41. The van der Waals surface area contributed by atoms with Crippen LogP contribution in [0, 0.1) is 11.8 Å². The van der Waals surface area contributed by atoms with Crippen LogP contribution in [0.4, 0.5) is 0 Å². The fourth-order valence-electron chi connectivity index (χ4n) is 4.36. The number of hydrogen-bond donors (Lipinski definition) is 1. The maximum atomic E-state index is 4.79. The Bertz CT molecular complexity index is 565. The van der Waals surface area contributed by atoms with Crippen molar-refractivity contribution in [3.05, 3.63) is 47.2 Å². The van der Waals surface area contributed by atoms with Gasteiger partial charge in [0.1, 0.15) is 0 Å². The highest BCUT2D eigenvalue weighted by Gasteiger charge is 2.31. The fraction of sp³-hybridized carbons (Fsp3) is 0.550. The van der Waals surface area contributed by atoms with Crippen molar-refractivity contribution < 1.29 is 0 Å². The first-order valence-corrected chi connectivity index (χ1v) is 8.90. The summed E-state index contributed by atoms with van der Waals surface area (Å²) in [7, 11) is 0. The van der Waals surface area contributed by atoms with Gasteiger partial charge in [0, 0.05) is 24.4 Å². The third kappa shape index (κ3) is 3.03. The molecule has 1 saturated heterocycles. The molecule has 1 aromatic rings. The summed E-state index contributed by atoms with van der Waals surface area (Å²) in [5, 5.41) is 3.72. The molecule has 3 aliphatic heterocycles. The van der Waals surface area contributed by atoms with E-state index in [1.807, 2.05) is 0 Å². The molecule has 0 amide bonds. The lowest BCUT2D eigenvalue weighted by Gasteiger charge is -2.37. The highest BCUT2D eigenvalue weighted by atomic mass is 14.9. The van der Waals surface area contributed by atoms with Crippen molar-refractivity contribution in [2.24, 2.45) is 16.8 Å². The standard InChI is InChI=1S/C20H26N2/c1-2-4-15(5-3-1)6-8-17-10-11-21-20-13-18-9-7-16(14-22-18)12-19(17)20/h1-5,11,16-18,22H,6-10,12-14H2/t16?,17?,18-/m1/s1. The molecule has 2 heteroatoms. The van der Waals surface area contributed by atoms with E-state index in [-0.39, 0.29) is 0 Å². The molecule has 2 bridgehead atoms. The Balaban J connectivity index is 1.51. The molecule has 1 aromatic carbocycles. The van der Waals surface area contributed by atoms with Crippen LogP contribution in [0.2, 0.25) is 0 Å². The van der Waals surface area contributed by atoms with E-state index in [9.17, 15) is 0 Å². The molecule has 0 saturated carbocycles. The summed E-state index contributed by atoms with van der Waals surface area (Å²) in [6.45, 7) is 1.22. The van der Waals surface area contributed by atoms with Crippen LogP contribution in [0.3, 0.4) is 0 Å². The van der Waals surface area contributed by atoms with Crippen LogP contribution in [-0.2, 0) is 6.42 Å². The first kappa shape index (κ1) is 14.2. The highest BCUT2D eigenvalue weighted by molar-refractivity contribution is 5.62. The molecule has 4 aliphatic rings. The van der Waals surface area contributed by atoms with Gasteiger partial charge in [0.15, 0.2) is 0 Å². The van der Waals surface area contributed by atoms with Gasteiger partial charge in [-0.1, -0.05) is 30.3 Å². The van der Waals surface area contributed by atoms with E-state index in [0.717, 1.165) is 24.7 Å². The molecule has 1 fully saturated rings. The normalized spacial score (nSPS) is 30.8. The summed E-state index contributed by atoms with van der Waals surface area (Å²) in [6.07, 6.45) is 11.0. The van der Waals surface area contributed by atoms with E-state index in [4.69, 9.17) is 4.99 Å². The van der Waals surface area contributed by atoms with Gasteiger partial charge in [-0.3, -0.25) is 4.99 Å². The highest BCUT2D eigenvalue weighted by Crippen LogP contribution is 2.38. The largest absolute Gasteiger partial charge is 0.313 e. The Morgan fingerprint density at radius 3 is 2.82 bits per heavy atom. The molecule has 5 rings (SSSR count). The van der Waals surface area contributed by atoms with Crippen LogP contribution in [0.5, 0.6) is 0 Å². The number of benzene rings is 1. The predicted octanol–water partition coefficient (Wildman–Crippen LogP) is 4.13. The summed E-state index contributed by atoms with van der Waals surface area (Å²) in [5.74, 6) is 1.57. The van der Waals surface area contributed by atoms with E-state index in [1.54, 1.807) is 5.57 Å². The molecule has 2 nitrogen and oxygen atoms in total. The van der Waals surface area contributed by atoms with E-state index < -0.39 is 0 Å². The van der Waals surface area contributed by atoms with Gasteiger partial charge in [-0.25, -0.2) is 0 Å². The number of nitrogens with one attached hydrogen (secondary N) is 1. The first-order valence-electron chi connectivity index (χ1n) is 8.90. The van der Waals surface area contributed by atoms with E-state index >= 15 is 0 Å². The number of allylic oxidation sites excluding steroid dienone is 1. The molecule has 0 spiro atoms. The van der Waals surface area contributed by atoms with Crippen LogP contribution in [-0.4, -0.2) is 18.8 Å². The molecule has 2 unspecified atom stereocenters. The summed E-state index contributed by atoms with van der Waals surface area (Å²) in [6, 6.07) is 11.6. The van der Waals surface area contributed by atoms with Crippen molar-refractivity contribution in [2.45, 2.75) is 51.0 Å². The quantitative estimate of drug-likeness (QED) is 0.890. The Kier molecular flexibility index (Phi) is 4.11. The van der Waals surface area contributed by atoms with Crippen molar-refractivity contribution >= 4 is 6.21 Å². The fourth-order valence-corrected chi connectivity index (χ4v) is 4.36. The van der Waals surface area contributed by atoms with Crippen LogP contribution >= 0.6 is 0 Å². The number of piperidine rings is 1. The van der Waals surface area contributed by atoms with Gasteiger partial charge in [0.2, 0.25) is 0 Å². The van der Waals surface area contributed by atoms with Crippen LogP contribution in [0.1, 0.15) is 44.1 Å². The Morgan fingerprint density at radius 1 is 1.09 bits per heavy atom. The molecule has 1 aliphatic carbocycles. The van der Waals surface area contributed by atoms with Crippen LogP contribution in [0.15, 0.2) is 46.6 Å². The monoisotopic (exact) mass is 294 g/mol. The third-order valence-electron chi connectivity index (χ3n) is 5.69. The molecule has 1 N–H and O–H groups in total. The molecule has 22 heavy (non-hydrogen) atoms. The van der Waals surface area contributed by atoms with E-state index in [0.29, 0.717) is 6.04 Å². The molecule has 0 aromatic heterocycles. The van der Waals surface area contributed by atoms with Crippen LogP contribution in [0.25, 0.3) is 0 Å². The zero-order valence-corrected chi connectivity index (χ0v) is 13.3. The van der Waals surface area contributed by atoms with Crippen molar-refractivity contribution in [1.82, 2.24) is 5.32 Å². The van der Waals surface area contributed by atoms with Gasteiger partial charge < -0.3 is 5.32 Å². The Labute approximate surface area is 133 Å². The van der Waals surface area contributed by atoms with Crippen molar-refractivity contribution in [1.29, 1.82) is 0 Å². The minimum atomic E-state index is 0.673. The van der Waals surface area contributed by atoms with Crippen molar-refractivity contribution in [3.63, 3.8) is 0 Å². The summed E-state index contributed by atoms with van der Waals surface area (Å²) in [5.41, 5.74) is 4.60. The van der Waals surface area contributed by atoms with Gasteiger partial charge in [0.05, 0.1) is 0 Å². The van der Waals surface area contributed by atoms with Crippen molar-refractivity contribution in [3.8, 4) is 0 Å². The number of aryl methyl sites for hydroxylation is 1. The van der Waals surface area contributed by atoms with Crippen LogP contribution < -0.4 is 5.32 Å². The number of fused-ring (bicyclic) bond motifs is 2. The lowest BCUT2D eigenvalue weighted by atomic mass is 9.76. The zero-order valence-electron chi connectivity index (χ0n) is 13.3. The summed E-state index contributed by atoms with van der Waals surface area (Å²) >= 11 is 0. The smallest absolute Gasteiger partial charge is 0.0410 e. The lowest BCUT2D eigenvalue weighted by molar-refractivity contribution is 0.284. The second kappa shape index (κ2) is 6.37. The van der Waals surface area contributed by atoms with E-state index in [1.165, 1.54) is 49.9 Å². The average Bonchev–Trinajstić information content (AvgIpc) is 2.54. The van der Waals surface area contributed by atoms with Gasteiger partial charge >= 0.3 is 0 Å². The second-order valence-corrected chi connectivity index (χ2v) is 7.20. The van der Waals surface area contributed by atoms with Gasteiger partial charge in [0.25, 0.3) is 0 Å². The molecule has 3 atom stereocenters. The van der Waals surface area contributed by atoms with Crippen molar-refractivity contribution in [2.75, 3.05) is 6.54 Å². The number of hydrogen-bond acceptors (Lipinski definition) is 2. The van der Waals surface area contributed by atoms with Gasteiger partial charge in [-0.2, -0.15) is 0 Å². The molecule has 0 radical (unpaired) electrons.